The molecule has 1 aliphatic carbocycles. The van der Waals surface area contributed by atoms with Crippen LogP contribution in [0.4, 0.5) is 0 Å². The summed E-state index contributed by atoms with van der Waals surface area (Å²) in [5.41, 5.74) is 2.20. The number of allylic oxidation sites excluding steroid dienone is 2. The molecule has 1 atom stereocenters. The topological polar surface area (TPSA) is 64.6 Å². The summed E-state index contributed by atoms with van der Waals surface area (Å²) < 4.78 is 11.5. The molecule has 0 spiro atoms. The first-order chi connectivity index (χ1) is 12.2. The largest absolute Gasteiger partial charge is 0.493 e. The minimum atomic E-state index is -0.300. The van der Waals surface area contributed by atoms with Crippen LogP contribution < -0.4 is 14.8 Å². The fourth-order valence-electron chi connectivity index (χ4n) is 3.95. The predicted molar refractivity (Wildman–Crippen MR) is 99.3 cm³/mol. The standard InChI is InChI=1S/C21H27NO4/c1-12(2)26-20-13(7-6-8-17(20)25-5)14-9-18(24)22-15-10-21(3,4)11-16(23)19(14)15/h6-8,12,14H,9-11H2,1-5H3,(H,22,24)/t14-/m0/s1. The van der Waals surface area contributed by atoms with Crippen LogP contribution in [0.2, 0.25) is 0 Å². The Balaban J connectivity index is 2.14. The maximum Gasteiger partial charge on any atom is 0.225 e. The van der Waals surface area contributed by atoms with Gasteiger partial charge >= 0.3 is 0 Å². The SMILES string of the molecule is COc1cccc([C@@H]2CC(=O)NC3=C2C(=O)CC(C)(C)C3)c1OC(C)C. The van der Waals surface area contributed by atoms with E-state index in [0.717, 1.165) is 16.8 Å². The number of carbonyl (C=O) groups excluding carboxylic acids is 2. The summed E-state index contributed by atoms with van der Waals surface area (Å²) in [5, 5.41) is 2.94. The van der Waals surface area contributed by atoms with Gasteiger partial charge in [0.1, 0.15) is 0 Å². The molecule has 0 fully saturated rings. The van der Waals surface area contributed by atoms with Gasteiger partial charge in [0.05, 0.1) is 13.2 Å². The average Bonchev–Trinajstić information content (AvgIpc) is 2.52. The molecule has 0 radical (unpaired) electrons. The van der Waals surface area contributed by atoms with Crippen molar-refractivity contribution in [3.05, 3.63) is 35.0 Å². The Morgan fingerprint density at radius 1 is 1.19 bits per heavy atom. The Bertz CT molecular complexity index is 776. The second kappa shape index (κ2) is 6.78. The summed E-state index contributed by atoms with van der Waals surface area (Å²) in [6, 6.07) is 5.65. The predicted octanol–water partition coefficient (Wildman–Crippen LogP) is 3.73. The van der Waals surface area contributed by atoms with Crippen LogP contribution in [-0.4, -0.2) is 24.9 Å². The Kier molecular flexibility index (Phi) is 4.82. The first-order valence-electron chi connectivity index (χ1n) is 9.11. The number of ether oxygens (including phenoxy) is 2. The van der Waals surface area contributed by atoms with E-state index in [2.05, 4.69) is 19.2 Å². The molecule has 1 amide bonds. The third kappa shape index (κ3) is 3.48. The molecular formula is C21H27NO4. The molecular weight excluding hydrogens is 330 g/mol. The second-order valence-electron chi connectivity index (χ2n) is 8.18. The van der Waals surface area contributed by atoms with Crippen molar-refractivity contribution in [2.45, 2.75) is 59.0 Å². The molecule has 1 aromatic rings. The molecule has 0 saturated carbocycles. The number of benzene rings is 1. The number of hydrogen-bond acceptors (Lipinski definition) is 4. The zero-order chi connectivity index (χ0) is 19.1. The number of amides is 1. The lowest BCUT2D eigenvalue weighted by Crippen LogP contribution is -2.40. The first kappa shape index (κ1) is 18.5. The van der Waals surface area contributed by atoms with E-state index in [9.17, 15) is 9.59 Å². The fraction of sp³-hybridized carbons (Fsp3) is 0.524. The Morgan fingerprint density at radius 3 is 2.58 bits per heavy atom. The maximum absolute atomic E-state index is 12.9. The quantitative estimate of drug-likeness (QED) is 0.892. The van der Waals surface area contributed by atoms with Gasteiger partial charge in [-0.1, -0.05) is 26.0 Å². The summed E-state index contributed by atoms with van der Waals surface area (Å²) in [6.45, 7) is 8.01. The van der Waals surface area contributed by atoms with Gasteiger partial charge in [-0.05, 0) is 31.7 Å². The van der Waals surface area contributed by atoms with E-state index in [4.69, 9.17) is 9.47 Å². The summed E-state index contributed by atoms with van der Waals surface area (Å²) in [4.78, 5) is 25.3. The van der Waals surface area contributed by atoms with E-state index in [-0.39, 0.29) is 35.5 Å². The molecule has 0 saturated heterocycles. The molecule has 5 nitrogen and oxygen atoms in total. The smallest absolute Gasteiger partial charge is 0.225 e. The van der Waals surface area contributed by atoms with Crippen molar-refractivity contribution in [3.8, 4) is 11.5 Å². The van der Waals surface area contributed by atoms with Crippen molar-refractivity contribution in [1.82, 2.24) is 5.32 Å². The molecule has 1 heterocycles. The molecule has 3 rings (SSSR count). The molecule has 5 heteroatoms. The van der Waals surface area contributed by atoms with Crippen LogP contribution in [0.25, 0.3) is 0 Å². The summed E-state index contributed by atoms with van der Waals surface area (Å²) in [5.74, 6) is 0.991. The first-order valence-corrected chi connectivity index (χ1v) is 9.11. The van der Waals surface area contributed by atoms with Crippen LogP contribution >= 0.6 is 0 Å². The summed E-state index contributed by atoms with van der Waals surface area (Å²) in [6.07, 6.45) is 1.38. The highest BCUT2D eigenvalue weighted by Gasteiger charge is 2.41. The highest BCUT2D eigenvalue weighted by molar-refractivity contribution is 6.02. The van der Waals surface area contributed by atoms with Crippen LogP contribution in [0.1, 0.15) is 58.4 Å². The van der Waals surface area contributed by atoms with E-state index < -0.39 is 0 Å². The normalized spacial score (nSPS) is 22.2. The Morgan fingerprint density at radius 2 is 1.92 bits per heavy atom. The maximum atomic E-state index is 12.9. The zero-order valence-corrected chi connectivity index (χ0v) is 16.1. The summed E-state index contributed by atoms with van der Waals surface area (Å²) in [7, 11) is 1.60. The van der Waals surface area contributed by atoms with Crippen molar-refractivity contribution < 1.29 is 19.1 Å². The molecule has 2 aliphatic rings. The molecule has 0 aromatic heterocycles. The number of nitrogens with one attached hydrogen (secondary N) is 1. The highest BCUT2D eigenvalue weighted by atomic mass is 16.5. The minimum Gasteiger partial charge on any atom is -0.493 e. The third-order valence-corrected chi connectivity index (χ3v) is 4.91. The van der Waals surface area contributed by atoms with E-state index in [1.54, 1.807) is 7.11 Å². The van der Waals surface area contributed by atoms with Crippen LogP contribution in [0, 0.1) is 5.41 Å². The molecule has 1 aromatic carbocycles. The van der Waals surface area contributed by atoms with Gasteiger partial charge in [-0.25, -0.2) is 0 Å². The van der Waals surface area contributed by atoms with Crippen molar-refractivity contribution >= 4 is 11.7 Å². The van der Waals surface area contributed by atoms with Crippen LogP contribution in [0.15, 0.2) is 29.5 Å². The number of ketones is 1. The lowest BCUT2D eigenvalue weighted by molar-refractivity contribution is -0.122. The monoisotopic (exact) mass is 357 g/mol. The number of para-hydroxylation sites is 1. The number of carbonyl (C=O) groups is 2. The molecule has 0 bridgehead atoms. The van der Waals surface area contributed by atoms with Crippen molar-refractivity contribution in [2.75, 3.05) is 7.11 Å². The van der Waals surface area contributed by atoms with Gasteiger partial charge in [0.25, 0.3) is 0 Å². The van der Waals surface area contributed by atoms with Crippen molar-refractivity contribution in [2.24, 2.45) is 5.41 Å². The number of rotatable bonds is 4. The number of methoxy groups -OCH3 is 1. The van der Waals surface area contributed by atoms with Crippen LogP contribution in [-0.2, 0) is 9.59 Å². The molecule has 1 aliphatic heterocycles. The van der Waals surface area contributed by atoms with Gasteiger partial charge in [-0.2, -0.15) is 0 Å². The number of Topliss-reactive ketones (excluding diaryl/α,β-unsaturated/α-hetero) is 1. The minimum absolute atomic E-state index is 0.0445. The highest BCUT2D eigenvalue weighted by Crippen LogP contribution is 2.47. The fourth-order valence-corrected chi connectivity index (χ4v) is 3.95. The zero-order valence-electron chi connectivity index (χ0n) is 16.1. The van der Waals surface area contributed by atoms with Gasteiger partial charge in [-0.15, -0.1) is 0 Å². The molecule has 140 valence electrons. The molecule has 0 unspecified atom stereocenters. The van der Waals surface area contributed by atoms with E-state index in [0.29, 0.717) is 24.3 Å². The lowest BCUT2D eigenvalue weighted by atomic mass is 9.69. The van der Waals surface area contributed by atoms with Crippen molar-refractivity contribution in [1.29, 1.82) is 0 Å². The van der Waals surface area contributed by atoms with Gasteiger partial charge in [-0.3, -0.25) is 9.59 Å². The van der Waals surface area contributed by atoms with E-state index >= 15 is 0 Å². The van der Waals surface area contributed by atoms with Gasteiger partial charge in [0.15, 0.2) is 17.3 Å². The van der Waals surface area contributed by atoms with E-state index in [1.807, 2.05) is 32.0 Å². The molecule has 26 heavy (non-hydrogen) atoms. The van der Waals surface area contributed by atoms with Crippen LogP contribution in [0.5, 0.6) is 11.5 Å². The Labute approximate surface area is 154 Å². The van der Waals surface area contributed by atoms with Gasteiger partial charge in [0.2, 0.25) is 5.91 Å². The second-order valence-corrected chi connectivity index (χ2v) is 8.18. The third-order valence-electron chi connectivity index (χ3n) is 4.91. The lowest BCUT2D eigenvalue weighted by Gasteiger charge is -2.38. The molecule has 1 N–H and O–H groups in total. The number of hydrogen-bond donors (Lipinski definition) is 1. The van der Waals surface area contributed by atoms with E-state index in [1.165, 1.54) is 0 Å². The van der Waals surface area contributed by atoms with Crippen molar-refractivity contribution in [3.63, 3.8) is 0 Å². The average molecular weight is 357 g/mol. The van der Waals surface area contributed by atoms with Gasteiger partial charge in [0, 0.05) is 35.6 Å². The summed E-state index contributed by atoms with van der Waals surface area (Å²) >= 11 is 0. The van der Waals surface area contributed by atoms with Crippen LogP contribution in [0.3, 0.4) is 0 Å². The Hall–Kier alpha value is -2.30. The van der Waals surface area contributed by atoms with Gasteiger partial charge < -0.3 is 14.8 Å².